The molecule has 0 unspecified atom stereocenters. The number of hydrogen-bond donors (Lipinski definition) is 4. The molecule has 1 aliphatic heterocycles. The van der Waals surface area contributed by atoms with Crippen molar-refractivity contribution in [2.24, 2.45) is 0 Å². The molecular formula is C26H36N6O. The largest absolute Gasteiger partial charge is 0.457 e. The molecule has 1 saturated heterocycles. The lowest BCUT2D eigenvalue weighted by Crippen LogP contribution is -2.36. The van der Waals surface area contributed by atoms with Gasteiger partial charge in [0.2, 0.25) is 0 Å². The third-order valence-corrected chi connectivity index (χ3v) is 4.93. The second-order valence-electron chi connectivity index (χ2n) is 6.97. The highest BCUT2D eigenvalue weighted by molar-refractivity contribution is 6.16. The molecule has 0 radical (unpaired) electrons. The van der Waals surface area contributed by atoms with Gasteiger partial charge in [0, 0.05) is 11.6 Å². The van der Waals surface area contributed by atoms with E-state index < -0.39 is 0 Å². The Hall–Kier alpha value is -3.45. The molecule has 0 amide bonds. The van der Waals surface area contributed by atoms with Crippen LogP contribution in [0.3, 0.4) is 0 Å². The lowest BCUT2D eigenvalue weighted by Gasteiger charge is -2.25. The number of anilines is 2. The fraction of sp³-hybridized carbons (Fsp3) is 0.346. The van der Waals surface area contributed by atoms with E-state index in [0.29, 0.717) is 29.0 Å². The summed E-state index contributed by atoms with van der Waals surface area (Å²) in [5.74, 6) is 2.38. The zero-order chi connectivity index (χ0) is 24.1. The summed E-state index contributed by atoms with van der Waals surface area (Å²) in [5.41, 5.74) is 7.66. The van der Waals surface area contributed by atoms with Gasteiger partial charge in [-0.3, -0.25) is 5.41 Å². The maximum atomic E-state index is 8.71. The number of piperidine rings is 1. The number of rotatable bonds is 6. The monoisotopic (exact) mass is 448 g/mol. The molecule has 3 aromatic rings. The number of nitrogen functional groups attached to an aromatic ring is 1. The van der Waals surface area contributed by atoms with Gasteiger partial charge in [0.25, 0.3) is 0 Å². The van der Waals surface area contributed by atoms with Crippen molar-refractivity contribution in [3.63, 3.8) is 0 Å². The van der Waals surface area contributed by atoms with Crippen LogP contribution >= 0.6 is 0 Å². The van der Waals surface area contributed by atoms with Crippen LogP contribution in [-0.4, -0.2) is 34.8 Å². The van der Waals surface area contributed by atoms with Crippen molar-refractivity contribution in [2.45, 2.75) is 46.6 Å². The summed E-state index contributed by atoms with van der Waals surface area (Å²) in [4.78, 5) is 8.47. The summed E-state index contributed by atoms with van der Waals surface area (Å²) in [6.45, 7) is 9.93. The summed E-state index contributed by atoms with van der Waals surface area (Å²) in [7, 11) is 0. The van der Waals surface area contributed by atoms with Gasteiger partial charge >= 0.3 is 0 Å². The Kier molecular flexibility index (Phi) is 10.8. The number of benzene rings is 2. The molecule has 2 aromatic carbocycles. The predicted octanol–water partition coefficient (Wildman–Crippen LogP) is 5.48. The molecule has 33 heavy (non-hydrogen) atoms. The van der Waals surface area contributed by atoms with E-state index in [-0.39, 0.29) is 5.71 Å². The summed E-state index contributed by atoms with van der Waals surface area (Å²) < 4.78 is 5.83. The molecule has 4 rings (SSSR count). The average Bonchev–Trinajstić information content (AvgIpc) is 2.88. The standard InChI is InChI=1S/C22H24N6O.2C2H6/c23-20(15-6-8-18(9-7-15)29-17-4-2-1-3-5-17)19-21(24)26-14-27-22(19)28-16-10-12-25-13-11-16;2*1-2/h1-9,14,16,23,25H,10-13H2,(H3,24,26,27,28);2*1-2H3. The molecule has 0 aliphatic carbocycles. The van der Waals surface area contributed by atoms with Crippen LogP contribution in [0.15, 0.2) is 60.9 Å². The topological polar surface area (TPSA) is 109 Å². The average molecular weight is 449 g/mol. The lowest BCUT2D eigenvalue weighted by atomic mass is 10.0. The molecule has 0 spiro atoms. The Bertz CT molecular complexity index is 970. The van der Waals surface area contributed by atoms with Crippen LogP contribution in [0.4, 0.5) is 11.6 Å². The van der Waals surface area contributed by atoms with Crippen LogP contribution in [0, 0.1) is 5.41 Å². The van der Waals surface area contributed by atoms with Crippen molar-refractivity contribution >= 4 is 17.3 Å². The van der Waals surface area contributed by atoms with Gasteiger partial charge in [0.05, 0.1) is 11.3 Å². The van der Waals surface area contributed by atoms with Crippen molar-refractivity contribution in [3.05, 3.63) is 72.1 Å². The molecule has 1 aromatic heterocycles. The van der Waals surface area contributed by atoms with E-state index in [1.165, 1.54) is 6.33 Å². The number of para-hydroxylation sites is 1. The number of nitrogens with two attached hydrogens (primary N) is 1. The van der Waals surface area contributed by atoms with Gasteiger partial charge in [-0.2, -0.15) is 0 Å². The molecular weight excluding hydrogens is 412 g/mol. The highest BCUT2D eigenvalue weighted by atomic mass is 16.5. The van der Waals surface area contributed by atoms with E-state index in [1.54, 1.807) is 0 Å². The summed E-state index contributed by atoms with van der Waals surface area (Å²) >= 11 is 0. The Morgan fingerprint density at radius 3 is 2.18 bits per heavy atom. The quantitative estimate of drug-likeness (QED) is 0.372. The van der Waals surface area contributed by atoms with Crippen LogP contribution in [0.1, 0.15) is 51.7 Å². The highest BCUT2D eigenvalue weighted by Gasteiger charge is 2.20. The second kappa shape index (κ2) is 13.9. The molecule has 7 nitrogen and oxygen atoms in total. The van der Waals surface area contributed by atoms with Gasteiger partial charge < -0.3 is 21.1 Å². The van der Waals surface area contributed by atoms with Gasteiger partial charge in [-0.05, 0) is 62.3 Å². The van der Waals surface area contributed by atoms with Gasteiger partial charge in [0.15, 0.2) is 0 Å². The highest BCUT2D eigenvalue weighted by Crippen LogP contribution is 2.26. The fourth-order valence-electron chi connectivity index (χ4n) is 3.37. The Balaban J connectivity index is 0.000000914. The number of hydrogen-bond acceptors (Lipinski definition) is 7. The molecule has 0 atom stereocenters. The van der Waals surface area contributed by atoms with Crippen molar-refractivity contribution in [2.75, 3.05) is 24.1 Å². The number of nitrogens with one attached hydrogen (secondary N) is 3. The zero-order valence-corrected chi connectivity index (χ0v) is 20.1. The molecule has 2 heterocycles. The SMILES string of the molecule is CC.CC.N=C(c1ccc(Oc2ccccc2)cc1)c1c(N)ncnc1NC1CCNCC1. The Labute approximate surface area is 197 Å². The summed E-state index contributed by atoms with van der Waals surface area (Å²) in [6.07, 6.45) is 3.44. The van der Waals surface area contributed by atoms with Crippen LogP contribution in [0.25, 0.3) is 0 Å². The summed E-state index contributed by atoms with van der Waals surface area (Å²) in [5, 5.41) is 15.5. The predicted molar refractivity (Wildman–Crippen MR) is 138 cm³/mol. The number of ether oxygens (including phenoxy) is 1. The Morgan fingerprint density at radius 1 is 0.939 bits per heavy atom. The number of aromatic nitrogens is 2. The first-order valence-corrected chi connectivity index (χ1v) is 11.7. The third-order valence-electron chi connectivity index (χ3n) is 4.93. The van der Waals surface area contributed by atoms with Crippen molar-refractivity contribution in [1.29, 1.82) is 5.41 Å². The molecule has 0 bridgehead atoms. The first-order chi connectivity index (χ1) is 16.2. The van der Waals surface area contributed by atoms with Gasteiger partial charge in [-0.15, -0.1) is 0 Å². The van der Waals surface area contributed by atoms with Crippen LogP contribution in [-0.2, 0) is 0 Å². The fourth-order valence-corrected chi connectivity index (χ4v) is 3.37. The normalized spacial score (nSPS) is 13.0. The molecule has 5 N–H and O–H groups in total. The maximum Gasteiger partial charge on any atom is 0.141 e. The van der Waals surface area contributed by atoms with Crippen molar-refractivity contribution in [1.82, 2.24) is 15.3 Å². The number of nitrogens with zero attached hydrogens (tertiary/aromatic N) is 2. The second-order valence-corrected chi connectivity index (χ2v) is 6.97. The lowest BCUT2D eigenvalue weighted by molar-refractivity contribution is 0.478. The first-order valence-electron chi connectivity index (χ1n) is 11.7. The maximum absolute atomic E-state index is 8.71. The molecule has 1 fully saturated rings. The Morgan fingerprint density at radius 2 is 1.55 bits per heavy atom. The van der Waals surface area contributed by atoms with E-state index >= 15 is 0 Å². The minimum absolute atomic E-state index is 0.283. The van der Waals surface area contributed by atoms with E-state index in [0.717, 1.165) is 37.2 Å². The van der Waals surface area contributed by atoms with Crippen molar-refractivity contribution < 1.29 is 4.74 Å². The van der Waals surface area contributed by atoms with E-state index in [2.05, 4.69) is 20.6 Å². The van der Waals surface area contributed by atoms with Crippen LogP contribution in [0.2, 0.25) is 0 Å². The zero-order valence-electron chi connectivity index (χ0n) is 20.1. The minimum atomic E-state index is 0.283. The minimum Gasteiger partial charge on any atom is -0.457 e. The van der Waals surface area contributed by atoms with E-state index in [1.807, 2.05) is 82.3 Å². The van der Waals surface area contributed by atoms with Gasteiger partial charge in [0.1, 0.15) is 29.5 Å². The molecule has 1 aliphatic rings. The van der Waals surface area contributed by atoms with Crippen LogP contribution < -0.4 is 21.1 Å². The molecule has 176 valence electrons. The molecule has 7 heteroatoms. The third kappa shape index (κ3) is 7.29. The van der Waals surface area contributed by atoms with E-state index in [4.69, 9.17) is 15.9 Å². The van der Waals surface area contributed by atoms with Crippen molar-refractivity contribution in [3.8, 4) is 11.5 Å². The summed E-state index contributed by atoms with van der Waals surface area (Å²) in [6, 6.07) is 17.3. The van der Waals surface area contributed by atoms with Gasteiger partial charge in [-0.25, -0.2) is 9.97 Å². The van der Waals surface area contributed by atoms with Gasteiger partial charge in [-0.1, -0.05) is 45.9 Å². The molecule has 0 saturated carbocycles. The first kappa shape index (κ1) is 25.8. The van der Waals surface area contributed by atoms with Crippen LogP contribution in [0.5, 0.6) is 11.5 Å². The smallest absolute Gasteiger partial charge is 0.141 e. The van der Waals surface area contributed by atoms with E-state index in [9.17, 15) is 0 Å².